The van der Waals surface area contributed by atoms with E-state index in [4.69, 9.17) is 0 Å². The molecule has 1 N–H and O–H groups in total. The van der Waals surface area contributed by atoms with E-state index in [1.165, 1.54) is 41.4 Å². The third-order valence-corrected chi connectivity index (χ3v) is 5.65. The first-order valence-corrected chi connectivity index (χ1v) is 10.1. The molecule has 6 nitrogen and oxygen atoms in total. The van der Waals surface area contributed by atoms with E-state index in [2.05, 4.69) is 20.5 Å². The van der Waals surface area contributed by atoms with Crippen molar-refractivity contribution in [3.63, 3.8) is 0 Å². The van der Waals surface area contributed by atoms with Gasteiger partial charge in [-0.1, -0.05) is 0 Å². The van der Waals surface area contributed by atoms with E-state index in [0.29, 0.717) is 11.4 Å². The molecule has 2 heterocycles. The van der Waals surface area contributed by atoms with Gasteiger partial charge < -0.3 is 10.2 Å². The number of carbonyl (C=O) groups excluding carboxylic acids is 1. The highest BCUT2D eigenvalue weighted by molar-refractivity contribution is 5.95. The highest BCUT2D eigenvalue weighted by Crippen LogP contribution is 2.45. The molecule has 0 atom stereocenters. The number of nitrogens with zero attached hydrogens (tertiary/aromatic N) is 4. The van der Waals surface area contributed by atoms with Gasteiger partial charge in [0.25, 0.3) is 5.91 Å². The quantitative estimate of drug-likeness (QED) is 0.626. The Kier molecular flexibility index (Phi) is 5.82. The van der Waals surface area contributed by atoms with Gasteiger partial charge in [-0.25, -0.2) is 13.2 Å². The van der Waals surface area contributed by atoms with Crippen LogP contribution < -0.4 is 5.32 Å². The summed E-state index contributed by atoms with van der Waals surface area (Å²) in [4.78, 5) is 17.7. The third-order valence-electron chi connectivity index (χ3n) is 5.65. The Hall–Kier alpha value is -3.49. The summed E-state index contributed by atoms with van der Waals surface area (Å²) in [6.45, 7) is 0.233. The zero-order valence-corrected chi connectivity index (χ0v) is 17.6. The topological polar surface area (TPSA) is 71.0 Å². The van der Waals surface area contributed by atoms with E-state index >= 15 is 0 Å². The van der Waals surface area contributed by atoms with E-state index in [-0.39, 0.29) is 42.2 Å². The van der Waals surface area contributed by atoms with Gasteiger partial charge in [0.05, 0.1) is 11.4 Å². The number of benzene rings is 1. The van der Waals surface area contributed by atoms with E-state index < -0.39 is 23.2 Å². The highest BCUT2D eigenvalue weighted by atomic mass is 19.1. The Bertz CT molecular complexity index is 1130. The molecule has 2 aromatic heterocycles. The minimum atomic E-state index is -1.01. The molecule has 1 saturated carbocycles. The summed E-state index contributed by atoms with van der Waals surface area (Å²) in [5, 5.41) is 11.2. The Morgan fingerprint density at radius 3 is 2.53 bits per heavy atom. The van der Waals surface area contributed by atoms with Gasteiger partial charge in [-0.2, -0.15) is 0 Å². The highest BCUT2D eigenvalue weighted by Gasteiger charge is 2.48. The van der Waals surface area contributed by atoms with Crippen molar-refractivity contribution in [1.82, 2.24) is 20.1 Å². The van der Waals surface area contributed by atoms with Crippen LogP contribution in [0.25, 0.3) is 11.3 Å². The molecule has 0 spiro atoms. The molecule has 4 rings (SSSR count). The fourth-order valence-corrected chi connectivity index (χ4v) is 3.93. The number of carbonyl (C=O) groups is 1. The summed E-state index contributed by atoms with van der Waals surface area (Å²) in [5.74, 6) is -0.863. The summed E-state index contributed by atoms with van der Waals surface area (Å²) in [6.07, 6.45) is 0.811. The molecule has 3 aromatic rings. The number of nitrogens with one attached hydrogen (secondary N) is 1. The van der Waals surface area contributed by atoms with Gasteiger partial charge >= 0.3 is 0 Å². The Balaban J connectivity index is 1.52. The maximum absolute atomic E-state index is 14.4. The number of pyridine rings is 1. The van der Waals surface area contributed by atoms with Crippen molar-refractivity contribution in [3.8, 4) is 11.3 Å². The lowest BCUT2D eigenvalue weighted by Crippen LogP contribution is -2.49. The second-order valence-corrected chi connectivity index (χ2v) is 8.17. The Morgan fingerprint density at radius 1 is 1.12 bits per heavy atom. The number of alkyl halides is 1. The molecule has 166 valence electrons. The van der Waals surface area contributed by atoms with Crippen LogP contribution in [0.1, 0.15) is 28.9 Å². The monoisotopic (exact) mass is 441 g/mol. The van der Waals surface area contributed by atoms with Gasteiger partial charge in [0.15, 0.2) is 0 Å². The lowest BCUT2D eigenvalue weighted by atomic mass is 9.65. The molecule has 1 aliphatic rings. The van der Waals surface area contributed by atoms with E-state index in [1.54, 1.807) is 26.2 Å². The van der Waals surface area contributed by atoms with Gasteiger partial charge in [-0.3, -0.25) is 9.78 Å². The fourth-order valence-electron chi connectivity index (χ4n) is 3.93. The van der Waals surface area contributed by atoms with Crippen LogP contribution in [0.2, 0.25) is 0 Å². The van der Waals surface area contributed by atoms with E-state index in [9.17, 15) is 18.0 Å². The molecule has 0 bridgehead atoms. The second-order valence-electron chi connectivity index (χ2n) is 8.17. The van der Waals surface area contributed by atoms with Crippen molar-refractivity contribution in [3.05, 3.63) is 71.6 Å². The molecule has 0 saturated heterocycles. The van der Waals surface area contributed by atoms with Gasteiger partial charge in [0.2, 0.25) is 0 Å². The van der Waals surface area contributed by atoms with Crippen LogP contribution in [0.15, 0.2) is 48.7 Å². The summed E-state index contributed by atoms with van der Waals surface area (Å²) < 4.78 is 42.3. The lowest BCUT2D eigenvalue weighted by Gasteiger charge is -2.44. The van der Waals surface area contributed by atoms with E-state index in [1.807, 2.05) is 0 Å². The average molecular weight is 441 g/mol. The zero-order valence-electron chi connectivity index (χ0n) is 17.6. The van der Waals surface area contributed by atoms with Crippen molar-refractivity contribution < 1.29 is 18.0 Å². The molecular weight excluding hydrogens is 419 g/mol. The van der Waals surface area contributed by atoms with Crippen molar-refractivity contribution in [2.24, 2.45) is 0 Å². The molecule has 1 aromatic carbocycles. The van der Waals surface area contributed by atoms with Crippen LogP contribution in [0.3, 0.4) is 0 Å². The van der Waals surface area contributed by atoms with Crippen molar-refractivity contribution in [1.29, 1.82) is 0 Å². The Morgan fingerprint density at radius 2 is 1.91 bits per heavy atom. The minimum Gasteiger partial charge on any atom is -0.368 e. The standard InChI is InChI=1S/C23H22F3N5O/c1-31(2)22(32)14-5-6-17(25)16(10-14)19-7-8-20(30-29-19)28-13-23(11-15(24)12-23)21-18(26)4-3-9-27-21/h3-10,15H,11-13H2,1-2H3,(H,28,30)/t15-,23-. The first-order valence-electron chi connectivity index (χ1n) is 10.1. The number of amides is 1. The third kappa shape index (κ3) is 4.15. The van der Waals surface area contributed by atoms with Crippen molar-refractivity contribution in [2.75, 3.05) is 26.0 Å². The summed E-state index contributed by atoms with van der Waals surface area (Å²) in [7, 11) is 3.23. The van der Waals surface area contributed by atoms with Crippen molar-refractivity contribution >= 4 is 11.7 Å². The largest absolute Gasteiger partial charge is 0.368 e. The molecule has 0 radical (unpaired) electrons. The normalized spacial score (nSPS) is 19.8. The average Bonchev–Trinajstić information content (AvgIpc) is 2.76. The molecule has 1 aliphatic carbocycles. The molecule has 0 unspecified atom stereocenters. The maximum Gasteiger partial charge on any atom is 0.253 e. The predicted octanol–water partition coefficient (Wildman–Crippen LogP) is 4.00. The zero-order chi connectivity index (χ0) is 22.9. The first-order chi connectivity index (χ1) is 15.3. The van der Waals surface area contributed by atoms with E-state index in [0.717, 1.165) is 0 Å². The number of halogens is 3. The van der Waals surface area contributed by atoms with Crippen LogP contribution in [-0.2, 0) is 5.41 Å². The molecule has 1 fully saturated rings. The van der Waals surface area contributed by atoms with Gasteiger partial charge in [-0.05, 0) is 55.3 Å². The van der Waals surface area contributed by atoms with Gasteiger partial charge in [0.1, 0.15) is 23.6 Å². The number of rotatable bonds is 6. The maximum atomic E-state index is 14.4. The molecule has 1 amide bonds. The number of hydrogen-bond acceptors (Lipinski definition) is 5. The number of anilines is 1. The van der Waals surface area contributed by atoms with Crippen molar-refractivity contribution in [2.45, 2.75) is 24.4 Å². The van der Waals surface area contributed by atoms with Gasteiger partial charge in [-0.15, -0.1) is 10.2 Å². The molecule has 0 aliphatic heterocycles. The van der Waals surface area contributed by atoms with Crippen LogP contribution in [-0.4, -0.2) is 52.8 Å². The molecule has 9 heteroatoms. The fraction of sp³-hybridized carbons (Fsp3) is 0.304. The molecular formula is C23H22F3N5O. The Labute approximate surface area is 183 Å². The number of aromatic nitrogens is 3. The molecule has 32 heavy (non-hydrogen) atoms. The summed E-state index contributed by atoms with van der Waals surface area (Å²) in [5.41, 5.74) is 0.219. The first kappa shape index (κ1) is 21.7. The second kappa shape index (κ2) is 8.57. The van der Waals surface area contributed by atoms with Crippen LogP contribution in [0.5, 0.6) is 0 Å². The van der Waals surface area contributed by atoms with Crippen LogP contribution >= 0.6 is 0 Å². The number of hydrogen-bond donors (Lipinski definition) is 1. The summed E-state index contributed by atoms with van der Waals surface area (Å²) >= 11 is 0. The SMILES string of the molecule is CN(C)C(=O)c1ccc(F)c(-c2ccc(NC[C@]3(c4ncccc4F)C[C@H](F)C3)nn2)c1. The van der Waals surface area contributed by atoms with Crippen LogP contribution in [0.4, 0.5) is 19.0 Å². The van der Waals surface area contributed by atoms with Gasteiger partial charge in [0, 0.05) is 43.4 Å². The van der Waals surface area contributed by atoms with Crippen LogP contribution in [0, 0.1) is 11.6 Å². The predicted molar refractivity (Wildman–Crippen MR) is 114 cm³/mol. The lowest BCUT2D eigenvalue weighted by molar-refractivity contribution is 0.0827. The smallest absolute Gasteiger partial charge is 0.253 e. The summed E-state index contributed by atoms with van der Waals surface area (Å²) in [6, 6.07) is 10.1. The minimum absolute atomic E-state index is 0.156.